The molecular formula is C11H12BrFO2. The summed E-state index contributed by atoms with van der Waals surface area (Å²) in [4.78, 5) is 11.5. The molecule has 0 aliphatic rings. The summed E-state index contributed by atoms with van der Waals surface area (Å²) in [5, 5.41) is 0.532. The van der Waals surface area contributed by atoms with Crippen molar-refractivity contribution in [2.45, 2.75) is 13.3 Å². The predicted molar refractivity (Wildman–Crippen MR) is 60.3 cm³/mol. The molecule has 1 aromatic carbocycles. The Kier molecular flexibility index (Phi) is 4.75. The van der Waals surface area contributed by atoms with Gasteiger partial charge in [-0.05, 0) is 25.1 Å². The van der Waals surface area contributed by atoms with E-state index in [0.29, 0.717) is 17.7 Å². The van der Waals surface area contributed by atoms with Crippen LogP contribution in [0.3, 0.4) is 0 Å². The van der Waals surface area contributed by atoms with Gasteiger partial charge < -0.3 is 4.74 Å². The normalized spacial score (nSPS) is 10.1. The van der Waals surface area contributed by atoms with Crippen LogP contribution >= 0.6 is 15.9 Å². The third-order valence-corrected chi connectivity index (χ3v) is 2.27. The number of carbonyl (C=O) groups excluding carboxylic acids is 1. The number of rotatable bonds is 5. The molecule has 0 N–H and O–H groups in total. The van der Waals surface area contributed by atoms with Gasteiger partial charge in [0.2, 0.25) is 0 Å². The number of hydrogen-bond acceptors (Lipinski definition) is 2. The number of ether oxygens (including phenoxy) is 1. The van der Waals surface area contributed by atoms with E-state index in [2.05, 4.69) is 15.9 Å². The van der Waals surface area contributed by atoms with Crippen molar-refractivity contribution in [3.05, 3.63) is 29.6 Å². The van der Waals surface area contributed by atoms with E-state index in [1.165, 1.54) is 18.2 Å². The van der Waals surface area contributed by atoms with Gasteiger partial charge in [-0.25, -0.2) is 4.39 Å². The van der Waals surface area contributed by atoms with Crippen LogP contribution in [-0.2, 0) is 0 Å². The Labute approximate surface area is 96.6 Å². The number of hydrogen-bond donors (Lipinski definition) is 0. The number of ketones is 1. The quantitative estimate of drug-likeness (QED) is 0.609. The van der Waals surface area contributed by atoms with E-state index in [-0.39, 0.29) is 17.8 Å². The molecule has 1 aromatic rings. The maximum Gasteiger partial charge on any atom is 0.166 e. The molecule has 0 aromatic heterocycles. The number of Topliss-reactive ketones (excluding diaryl/α,β-unsaturated/α-hetero) is 1. The van der Waals surface area contributed by atoms with Gasteiger partial charge in [-0.15, -0.1) is 0 Å². The van der Waals surface area contributed by atoms with Crippen LogP contribution < -0.4 is 4.74 Å². The molecule has 0 spiro atoms. The fraction of sp³-hybridized carbons (Fsp3) is 0.364. The minimum Gasteiger partial charge on any atom is -0.494 e. The average Bonchev–Trinajstić information content (AvgIpc) is 2.21. The molecule has 0 aliphatic heterocycles. The minimum absolute atomic E-state index is 0.0976. The van der Waals surface area contributed by atoms with Crippen LogP contribution in [0, 0.1) is 5.82 Å². The Morgan fingerprint density at radius 2 is 2.27 bits per heavy atom. The van der Waals surface area contributed by atoms with Gasteiger partial charge in [-0.3, -0.25) is 4.79 Å². The molecule has 0 amide bonds. The first-order valence-corrected chi connectivity index (χ1v) is 5.82. The molecule has 0 aliphatic carbocycles. The molecule has 0 bridgehead atoms. The van der Waals surface area contributed by atoms with Crippen molar-refractivity contribution >= 4 is 21.7 Å². The first-order chi connectivity index (χ1) is 7.19. The molecule has 0 heterocycles. The third kappa shape index (κ3) is 3.30. The molecule has 1 rings (SSSR count). The van der Waals surface area contributed by atoms with E-state index in [1.54, 1.807) is 0 Å². The van der Waals surface area contributed by atoms with Crippen LogP contribution in [0.25, 0.3) is 0 Å². The number of carbonyl (C=O) groups is 1. The topological polar surface area (TPSA) is 26.3 Å². The molecule has 0 radical (unpaired) electrons. The third-order valence-electron chi connectivity index (χ3n) is 1.87. The van der Waals surface area contributed by atoms with Crippen molar-refractivity contribution in [1.29, 1.82) is 0 Å². The lowest BCUT2D eigenvalue weighted by Gasteiger charge is -2.06. The van der Waals surface area contributed by atoms with Crippen molar-refractivity contribution in [2.75, 3.05) is 11.9 Å². The molecule has 2 nitrogen and oxygen atoms in total. The highest BCUT2D eigenvalue weighted by molar-refractivity contribution is 9.09. The molecule has 82 valence electrons. The van der Waals surface area contributed by atoms with Gasteiger partial charge in [-0.2, -0.15) is 0 Å². The summed E-state index contributed by atoms with van der Waals surface area (Å²) < 4.78 is 18.5. The monoisotopic (exact) mass is 274 g/mol. The maximum atomic E-state index is 13.3. The van der Waals surface area contributed by atoms with E-state index in [9.17, 15) is 9.18 Å². The highest BCUT2D eigenvalue weighted by Crippen LogP contribution is 2.18. The van der Waals surface area contributed by atoms with Crippen molar-refractivity contribution < 1.29 is 13.9 Å². The predicted octanol–water partition coefficient (Wildman–Crippen LogP) is 3.19. The highest BCUT2D eigenvalue weighted by atomic mass is 79.9. The van der Waals surface area contributed by atoms with Crippen molar-refractivity contribution in [1.82, 2.24) is 0 Å². The fourth-order valence-corrected chi connectivity index (χ4v) is 1.56. The van der Waals surface area contributed by atoms with E-state index in [0.717, 1.165) is 0 Å². The highest BCUT2D eigenvalue weighted by Gasteiger charge is 2.12. The molecule has 0 unspecified atom stereocenters. The maximum absolute atomic E-state index is 13.3. The van der Waals surface area contributed by atoms with E-state index in [1.807, 2.05) is 6.92 Å². The van der Waals surface area contributed by atoms with Gasteiger partial charge in [-0.1, -0.05) is 15.9 Å². The SMILES string of the molecule is CCOc1ccc(F)c(C(=O)CCBr)c1. The average molecular weight is 275 g/mol. The second-order valence-electron chi connectivity index (χ2n) is 2.94. The zero-order chi connectivity index (χ0) is 11.3. The molecule has 0 atom stereocenters. The Hall–Kier alpha value is -0.900. The van der Waals surface area contributed by atoms with Gasteiger partial charge >= 0.3 is 0 Å². The lowest BCUT2D eigenvalue weighted by Crippen LogP contribution is -2.04. The van der Waals surface area contributed by atoms with Crippen molar-refractivity contribution in [3.8, 4) is 5.75 Å². The van der Waals surface area contributed by atoms with Crippen LogP contribution in [0.1, 0.15) is 23.7 Å². The zero-order valence-corrected chi connectivity index (χ0v) is 10.0. The van der Waals surface area contributed by atoms with Gasteiger partial charge in [0.1, 0.15) is 11.6 Å². The fourth-order valence-electron chi connectivity index (χ4n) is 1.20. The first kappa shape index (κ1) is 12.2. The van der Waals surface area contributed by atoms with Crippen LogP contribution in [0.4, 0.5) is 4.39 Å². The van der Waals surface area contributed by atoms with Crippen molar-refractivity contribution in [3.63, 3.8) is 0 Å². The molecular weight excluding hydrogens is 263 g/mol. The lowest BCUT2D eigenvalue weighted by molar-refractivity contribution is 0.0985. The standard InChI is InChI=1S/C11H12BrFO2/c1-2-15-8-3-4-10(13)9(7-8)11(14)5-6-12/h3-4,7H,2,5-6H2,1H3. The molecule has 0 fully saturated rings. The summed E-state index contributed by atoms with van der Waals surface area (Å²) in [6.45, 7) is 2.33. The van der Waals surface area contributed by atoms with Crippen molar-refractivity contribution in [2.24, 2.45) is 0 Å². The Balaban J connectivity index is 2.94. The van der Waals surface area contributed by atoms with E-state index < -0.39 is 5.82 Å². The molecule has 0 saturated heterocycles. The summed E-state index contributed by atoms with van der Waals surface area (Å²) in [5.41, 5.74) is 0.0976. The second kappa shape index (κ2) is 5.85. The van der Waals surface area contributed by atoms with Crippen LogP contribution in [0.15, 0.2) is 18.2 Å². The number of halogens is 2. The Morgan fingerprint density at radius 3 is 2.87 bits per heavy atom. The Morgan fingerprint density at radius 1 is 1.53 bits per heavy atom. The van der Waals surface area contributed by atoms with Crippen LogP contribution in [-0.4, -0.2) is 17.7 Å². The summed E-state index contributed by atoms with van der Waals surface area (Å²) >= 11 is 3.15. The van der Waals surface area contributed by atoms with Crippen LogP contribution in [0.2, 0.25) is 0 Å². The number of alkyl halides is 1. The summed E-state index contributed by atoms with van der Waals surface area (Å²) in [7, 11) is 0. The van der Waals surface area contributed by atoms with Gasteiger partial charge in [0.05, 0.1) is 12.2 Å². The zero-order valence-electron chi connectivity index (χ0n) is 8.43. The van der Waals surface area contributed by atoms with Gasteiger partial charge in [0.15, 0.2) is 5.78 Å². The summed E-state index contributed by atoms with van der Waals surface area (Å²) in [5.74, 6) is -0.188. The summed E-state index contributed by atoms with van der Waals surface area (Å²) in [6.07, 6.45) is 0.284. The molecule has 4 heteroatoms. The molecule has 0 saturated carbocycles. The van der Waals surface area contributed by atoms with E-state index in [4.69, 9.17) is 4.74 Å². The van der Waals surface area contributed by atoms with E-state index >= 15 is 0 Å². The van der Waals surface area contributed by atoms with Gasteiger partial charge in [0, 0.05) is 11.8 Å². The van der Waals surface area contributed by atoms with Gasteiger partial charge in [0.25, 0.3) is 0 Å². The summed E-state index contributed by atoms with van der Waals surface area (Å²) in [6, 6.07) is 4.22. The lowest BCUT2D eigenvalue weighted by atomic mass is 10.1. The smallest absolute Gasteiger partial charge is 0.166 e. The largest absolute Gasteiger partial charge is 0.494 e. The first-order valence-electron chi connectivity index (χ1n) is 4.70. The van der Waals surface area contributed by atoms with Crippen LogP contribution in [0.5, 0.6) is 5.75 Å². The number of benzene rings is 1. The minimum atomic E-state index is -0.496. The second-order valence-corrected chi connectivity index (χ2v) is 3.73. The Bertz CT molecular complexity index is 352. The molecule has 15 heavy (non-hydrogen) atoms.